The topological polar surface area (TPSA) is 41.5 Å². The van der Waals surface area contributed by atoms with Gasteiger partial charge in [0.25, 0.3) is 0 Å². The summed E-state index contributed by atoms with van der Waals surface area (Å²) < 4.78 is 5.23. The highest BCUT2D eigenvalue weighted by Crippen LogP contribution is 2.10. The van der Waals surface area contributed by atoms with Crippen LogP contribution in [0.4, 0.5) is 0 Å². The van der Waals surface area contributed by atoms with E-state index in [2.05, 4.69) is 5.32 Å². The number of aliphatic hydroxyl groups is 1. The second kappa shape index (κ2) is 3.15. The lowest BCUT2D eigenvalue weighted by Crippen LogP contribution is -2.37. The summed E-state index contributed by atoms with van der Waals surface area (Å²) in [5.74, 6) is 0. The Morgan fingerprint density at radius 2 is 2.44 bits per heavy atom. The van der Waals surface area contributed by atoms with E-state index in [1.165, 1.54) is 0 Å². The second-order valence-electron chi connectivity index (χ2n) is 2.33. The quantitative estimate of drug-likeness (QED) is 0.513. The van der Waals surface area contributed by atoms with Gasteiger partial charge >= 0.3 is 0 Å². The molecule has 3 heteroatoms. The Balaban J connectivity index is 2.23. The van der Waals surface area contributed by atoms with Gasteiger partial charge in [0.2, 0.25) is 0 Å². The molecule has 0 aromatic heterocycles. The van der Waals surface area contributed by atoms with Gasteiger partial charge in [0.15, 0.2) is 0 Å². The maximum Gasteiger partial charge on any atom is 0.110 e. The first kappa shape index (κ1) is 6.99. The summed E-state index contributed by atoms with van der Waals surface area (Å²) in [7, 11) is 1.84. The number of hydrogen-bond donors (Lipinski definition) is 2. The van der Waals surface area contributed by atoms with Gasteiger partial charge in [-0.2, -0.15) is 0 Å². The van der Waals surface area contributed by atoms with E-state index in [4.69, 9.17) is 9.84 Å². The second-order valence-corrected chi connectivity index (χ2v) is 2.33. The van der Waals surface area contributed by atoms with Gasteiger partial charge in [0.05, 0.1) is 12.7 Å². The summed E-state index contributed by atoms with van der Waals surface area (Å²) in [5, 5.41) is 12.0. The van der Waals surface area contributed by atoms with Crippen LogP contribution in [0.25, 0.3) is 0 Å². The first-order valence-corrected chi connectivity index (χ1v) is 3.30. The Kier molecular flexibility index (Phi) is 2.45. The lowest BCUT2D eigenvalue weighted by atomic mass is 10.1. The average Bonchev–Trinajstić information content (AvgIpc) is 1.88. The maximum absolute atomic E-state index is 9.09. The van der Waals surface area contributed by atoms with Crippen LogP contribution < -0.4 is 5.32 Å². The van der Waals surface area contributed by atoms with E-state index in [0.29, 0.717) is 6.61 Å². The summed E-state index contributed by atoms with van der Waals surface area (Å²) in [6.07, 6.45) is 1.39. The fourth-order valence-corrected chi connectivity index (χ4v) is 0.981. The standard InChI is InChI=1S/C6H13NO2/c1-7-6-4-5(8)2-3-9-6/h5-8H,2-4H2,1H3. The number of ether oxygens (including phenoxy) is 1. The van der Waals surface area contributed by atoms with Crippen molar-refractivity contribution in [1.82, 2.24) is 5.32 Å². The highest BCUT2D eigenvalue weighted by Gasteiger charge is 2.18. The summed E-state index contributed by atoms with van der Waals surface area (Å²) >= 11 is 0. The molecule has 1 heterocycles. The molecule has 0 saturated carbocycles. The lowest BCUT2D eigenvalue weighted by Gasteiger charge is -2.25. The molecule has 1 saturated heterocycles. The molecule has 0 bridgehead atoms. The minimum Gasteiger partial charge on any atom is -0.393 e. The zero-order chi connectivity index (χ0) is 6.69. The molecule has 9 heavy (non-hydrogen) atoms. The molecule has 1 fully saturated rings. The molecule has 2 N–H and O–H groups in total. The van der Waals surface area contributed by atoms with E-state index in [1.54, 1.807) is 0 Å². The van der Waals surface area contributed by atoms with Crippen LogP contribution in [0.1, 0.15) is 12.8 Å². The van der Waals surface area contributed by atoms with Crippen molar-refractivity contribution in [2.75, 3.05) is 13.7 Å². The van der Waals surface area contributed by atoms with Crippen molar-refractivity contribution < 1.29 is 9.84 Å². The van der Waals surface area contributed by atoms with Gasteiger partial charge in [-0.05, 0) is 13.5 Å². The summed E-state index contributed by atoms with van der Waals surface area (Å²) in [6, 6.07) is 0. The Labute approximate surface area is 55.0 Å². The number of aliphatic hydroxyl groups excluding tert-OH is 1. The van der Waals surface area contributed by atoms with Gasteiger partial charge in [-0.25, -0.2) is 0 Å². The molecule has 0 amide bonds. The van der Waals surface area contributed by atoms with Crippen LogP contribution in [-0.4, -0.2) is 31.1 Å². The van der Waals surface area contributed by atoms with Crippen molar-refractivity contribution in [3.63, 3.8) is 0 Å². The number of nitrogens with one attached hydrogen (secondary N) is 1. The van der Waals surface area contributed by atoms with Gasteiger partial charge in [0, 0.05) is 6.42 Å². The van der Waals surface area contributed by atoms with Crippen molar-refractivity contribution in [2.24, 2.45) is 0 Å². The average molecular weight is 131 g/mol. The van der Waals surface area contributed by atoms with E-state index in [0.717, 1.165) is 12.8 Å². The Bertz CT molecular complexity index is 87.1. The SMILES string of the molecule is CNC1CC(O)CCO1. The first-order chi connectivity index (χ1) is 4.33. The fourth-order valence-electron chi connectivity index (χ4n) is 0.981. The highest BCUT2D eigenvalue weighted by molar-refractivity contribution is 4.66. The van der Waals surface area contributed by atoms with E-state index in [-0.39, 0.29) is 12.3 Å². The molecule has 0 aliphatic carbocycles. The molecule has 2 atom stereocenters. The largest absolute Gasteiger partial charge is 0.393 e. The van der Waals surface area contributed by atoms with Gasteiger partial charge in [-0.15, -0.1) is 0 Å². The predicted octanol–water partition coefficient (Wildman–Crippen LogP) is -0.297. The van der Waals surface area contributed by atoms with Gasteiger partial charge in [0.1, 0.15) is 6.23 Å². The minimum absolute atomic E-state index is 0.0637. The van der Waals surface area contributed by atoms with E-state index in [1.807, 2.05) is 7.05 Å². The molecule has 3 nitrogen and oxygen atoms in total. The van der Waals surface area contributed by atoms with Crippen LogP contribution in [0, 0.1) is 0 Å². The zero-order valence-corrected chi connectivity index (χ0v) is 5.63. The summed E-state index contributed by atoms with van der Waals surface area (Å²) in [4.78, 5) is 0. The van der Waals surface area contributed by atoms with Crippen molar-refractivity contribution in [3.05, 3.63) is 0 Å². The van der Waals surface area contributed by atoms with Gasteiger partial charge < -0.3 is 9.84 Å². The van der Waals surface area contributed by atoms with Gasteiger partial charge in [-0.1, -0.05) is 0 Å². The molecule has 1 aliphatic heterocycles. The normalized spacial score (nSPS) is 36.7. The number of rotatable bonds is 1. The van der Waals surface area contributed by atoms with Crippen LogP contribution in [-0.2, 0) is 4.74 Å². The van der Waals surface area contributed by atoms with Crippen LogP contribution >= 0.6 is 0 Å². The van der Waals surface area contributed by atoms with E-state index >= 15 is 0 Å². The molecule has 1 aliphatic rings. The summed E-state index contributed by atoms with van der Waals surface area (Å²) in [6.45, 7) is 0.673. The third-order valence-corrected chi connectivity index (χ3v) is 1.58. The van der Waals surface area contributed by atoms with Crippen molar-refractivity contribution in [1.29, 1.82) is 0 Å². The van der Waals surface area contributed by atoms with E-state index < -0.39 is 0 Å². The third-order valence-electron chi connectivity index (χ3n) is 1.58. The minimum atomic E-state index is -0.170. The highest BCUT2D eigenvalue weighted by atomic mass is 16.5. The molecule has 54 valence electrons. The molecule has 0 spiro atoms. The third kappa shape index (κ3) is 1.93. The van der Waals surface area contributed by atoms with Crippen molar-refractivity contribution >= 4 is 0 Å². The van der Waals surface area contributed by atoms with Gasteiger partial charge in [-0.3, -0.25) is 5.32 Å². The molecule has 1 rings (SSSR count). The molecular weight excluding hydrogens is 118 g/mol. The Morgan fingerprint density at radius 3 is 2.89 bits per heavy atom. The van der Waals surface area contributed by atoms with Crippen molar-refractivity contribution in [2.45, 2.75) is 25.2 Å². The molecular formula is C6H13NO2. The summed E-state index contributed by atoms with van der Waals surface area (Å²) in [5.41, 5.74) is 0. The van der Waals surface area contributed by atoms with E-state index in [9.17, 15) is 0 Å². The monoisotopic (exact) mass is 131 g/mol. The zero-order valence-electron chi connectivity index (χ0n) is 5.63. The molecule has 2 unspecified atom stereocenters. The van der Waals surface area contributed by atoms with Crippen molar-refractivity contribution in [3.8, 4) is 0 Å². The van der Waals surface area contributed by atoms with Crippen LogP contribution in [0.3, 0.4) is 0 Å². The Hall–Kier alpha value is -0.120. The lowest BCUT2D eigenvalue weighted by molar-refractivity contribution is -0.0548. The Morgan fingerprint density at radius 1 is 1.67 bits per heavy atom. The molecule has 0 radical (unpaired) electrons. The number of hydrogen-bond acceptors (Lipinski definition) is 3. The van der Waals surface area contributed by atoms with Crippen LogP contribution in [0.2, 0.25) is 0 Å². The smallest absolute Gasteiger partial charge is 0.110 e. The van der Waals surface area contributed by atoms with Crippen LogP contribution in [0.5, 0.6) is 0 Å². The first-order valence-electron chi connectivity index (χ1n) is 3.30. The molecule has 0 aromatic carbocycles. The maximum atomic E-state index is 9.09. The fraction of sp³-hybridized carbons (Fsp3) is 1.00. The van der Waals surface area contributed by atoms with Crippen LogP contribution in [0.15, 0.2) is 0 Å². The molecule has 0 aromatic rings. The predicted molar refractivity (Wildman–Crippen MR) is 34.0 cm³/mol.